The molecule has 6 nitrogen and oxygen atoms in total. The molecule has 2 amide bonds. The number of nitrogens with two attached hydrogens (primary N) is 1. The Morgan fingerprint density at radius 1 is 1.46 bits per heavy atom. The van der Waals surface area contributed by atoms with Gasteiger partial charge in [-0.2, -0.15) is 0 Å². The number of anilines is 2. The van der Waals surface area contributed by atoms with Crippen molar-refractivity contribution < 1.29 is 9.59 Å². The van der Waals surface area contributed by atoms with Crippen LogP contribution in [0.1, 0.15) is 39.7 Å². The number of hydrogen-bond donors (Lipinski definition) is 3. The Morgan fingerprint density at radius 3 is 2.65 bits per heavy atom. The van der Waals surface area contributed by atoms with Gasteiger partial charge in [0.1, 0.15) is 0 Å². The van der Waals surface area contributed by atoms with Gasteiger partial charge < -0.3 is 16.0 Å². The largest absolute Gasteiger partial charge is 0.398 e. The minimum Gasteiger partial charge on any atom is -0.398 e. The molecule has 1 heterocycles. The molecule has 1 fully saturated rings. The number of amides is 2. The first-order valence-corrected chi connectivity index (χ1v) is 9.59. The third-order valence-electron chi connectivity index (χ3n) is 5.40. The van der Waals surface area contributed by atoms with Gasteiger partial charge in [0.2, 0.25) is 11.8 Å². The molecule has 0 bridgehead atoms. The summed E-state index contributed by atoms with van der Waals surface area (Å²) in [5.41, 5.74) is 7.56. The lowest BCUT2D eigenvalue weighted by Crippen LogP contribution is -2.54. The number of carbonyl (C=O) groups is 2. The van der Waals surface area contributed by atoms with E-state index in [4.69, 9.17) is 11.1 Å². The first-order valence-electron chi connectivity index (χ1n) is 8.80. The molecule has 2 unspecified atom stereocenters. The Kier molecular flexibility index (Phi) is 6.11. The molecule has 1 aromatic carbocycles. The second-order valence-corrected chi connectivity index (χ2v) is 8.48. The summed E-state index contributed by atoms with van der Waals surface area (Å²) in [5, 5.41) is 10.2. The van der Waals surface area contributed by atoms with E-state index in [2.05, 4.69) is 26.1 Å². The number of halogens is 1. The Bertz CT molecular complexity index is 734. The van der Waals surface area contributed by atoms with E-state index in [0.29, 0.717) is 30.8 Å². The Balaban J connectivity index is 2.22. The predicted molar refractivity (Wildman–Crippen MR) is 109 cm³/mol. The van der Waals surface area contributed by atoms with Crippen LogP contribution < -0.4 is 16.0 Å². The maximum atomic E-state index is 12.7. The number of rotatable bonds is 4. The van der Waals surface area contributed by atoms with Gasteiger partial charge in [0.25, 0.3) is 0 Å². The fourth-order valence-corrected chi connectivity index (χ4v) is 3.70. The summed E-state index contributed by atoms with van der Waals surface area (Å²) in [4.78, 5) is 26.8. The highest BCUT2D eigenvalue weighted by atomic mass is 79.9. The monoisotopic (exact) mass is 422 g/mol. The molecular weight excluding hydrogens is 396 g/mol. The van der Waals surface area contributed by atoms with Crippen LogP contribution in [-0.4, -0.2) is 31.1 Å². The molecule has 1 aromatic rings. The number of piperidine rings is 1. The van der Waals surface area contributed by atoms with Crippen LogP contribution in [0.4, 0.5) is 11.4 Å². The first kappa shape index (κ1) is 20.4. The molecule has 2 rings (SSSR count). The molecule has 0 aliphatic carbocycles. The number of nitrogens with one attached hydrogen (secondary N) is 2. The summed E-state index contributed by atoms with van der Waals surface area (Å²) >= 11 is 3.46. The van der Waals surface area contributed by atoms with Crippen molar-refractivity contribution in [3.05, 3.63) is 22.2 Å². The molecular formula is C19H27BrN4O2. The summed E-state index contributed by atoms with van der Waals surface area (Å²) in [6.45, 7) is 8.79. The molecule has 0 aromatic heterocycles. The van der Waals surface area contributed by atoms with Crippen LogP contribution in [0.5, 0.6) is 0 Å². The average Bonchev–Trinajstić information content (AvgIpc) is 2.56. The van der Waals surface area contributed by atoms with Crippen molar-refractivity contribution in [3.63, 3.8) is 0 Å². The molecule has 0 spiro atoms. The molecule has 1 aliphatic heterocycles. The lowest BCUT2D eigenvalue weighted by atomic mass is 9.71. The highest BCUT2D eigenvalue weighted by molar-refractivity contribution is 9.10. The Hall–Kier alpha value is -1.89. The van der Waals surface area contributed by atoms with Crippen molar-refractivity contribution in [2.45, 2.75) is 34.1 Å². The van der Waals surface area contributed by atoms with E-state index >= 15 is 0 Å². The van der Waals surface area contributed by atoms with Crippen molar-refractivity contribution in [1.82, 2.24) is 5.32 Å². The minimum absolute atomic E-state index is 0.0370. The van der Waals surface area contributed by atoms with Gasteiger partial charge in [-0.05, 0) is 24.5 Å². The van der Waals surface area contributed by atoms with Crippen LogP contribution in [0.3, 0.4) is 0 Å². The average molecular weight is 423 g/mol. The number of carbonyl (C=O) groups excluding carboxylic acids is 2. The smallest absolute Gasteiger partial charge is 0.232 e. The normalized spacial score (nSPS) is 23.0. The SMILES string of the molecule is CC(C)C(=O)NC(=O)C1(C)CCN(c2cc(Br)cc(N)c2C=N)CC1C. The summed E-state index contributed by atoms with van der Waals surface area (Å²) in [7, 11) is 0. The molecule has 7 heteroatoms. The van der Waals surface area contributed by atoms with E-state index in [-0.39, 0.29) is 23.7 Å². The third kappa shape index (κ3) is 3.92. The Labute approximate surface area is 163 Å². The molecule has 1 saturated heterocycles. The zero-order valence-electron chi connectivity index (χ0n) is 15.7. The number of benzene rings is 1. The summed E-state index contributed by atoms with van der Waals surface area (Å²) < 4.78 is 0.858. The van der Waals surface area contributed by atoms with Gasteiger partial charge in [0.05, 0.1) is 5.41 Å². The van der Waals surface area contributed by atoms with Gasteiger partial charge in [0.15, 0.2) is 0 Å². The van der Waals surface area contributed by atoms with Crippen LogP contribution in [0, 0.1) is 22.7 Å². The van der Waals surface area contributed by atoms with Crippen molar-refractivity contribution in [3.8, 4) is 0 Å². The highest BCUT2D eigenvalue weighted by Gasteiger charge is 2.43. The molecule has 2 atom stereocenters. The van der Waals surface area contributed by atoms with Crippen LogP contribution in [-0.2, 0) is 9.59 Å². The standard InChI is InChI=1S/C19H27BrN4O2/c1-11(2)17(25)23-18(26)19(4)5-6-24(10-12(19)3)16-8-13(20)7-15(22)14(16)9-21/h7-9,11-12,21H,5-6,10,22H2,1-4H3,(H,23,25,26). The van der Waals surface area contributed by atoms with Gasteiger partial charge in [-0.15, -0.1) is 0 Å². The maximum absolute atomic E-state index is 12.7. The third-order valence-corrected chi connectivity index (χ3v) is 5.86. The van der Waals surface area contributed by atoms with E-state index in [0.717, 1.165) is 10.2 Å². The maximum Gasteiger partial charge on any atom is 0.232 e. The molecule has 0 radical (unpaired) electrons. The van der Waals surface area contributed by atoms with Gasteiger partial charge in [-0.1, -0.05) is 43.6 Å². The van der Waals surface area contributed by atoms with Crippen molar-refractivity contribution in [1.29, 1.82) is 5.41 Å². The van der Waals surface area contributed by atoms with Gasteiger partial charge in [-0.25, -0.2) is 0 Å². The zero-order chi connectivity index (χ0) is 19.6. The minimum atomic E-state index is -0.608. The lowest BCUT2D eigenvalue weighted by Gasteiger charge is -2.44. The van der Waals surface area contributed by atoms with Crippen molar-refractivity contribution in [2.24, 2.45) is 17.3 Å². The summed E-state index contributed by atoms with van der Waals surface area (Å²) in [6, 6.07) is 3.74. The first-order chi connectivity index (χ1) is 12.1. The fraction of sp³-hybridized carbons (Fsp3) is 0.526. The predicted octanol–water partition coefficient (Wildman–Crippen LogP) is 3.18. The lowest BCUT2D eigenvalue weighted by molar-refractivity contribution is -0.140. The van der Waals surface area contributed by atoms with E-state index in [9.17, 15) is 9.59 Å². The summed E-state index contributed by atoms with van der Waals surface area (Å²) in [5.74, 6) is -0.631. The van der Waals surface area contributed by atoms with E-state index in [1.54, 1.807) is 19.9 Å². The molecule has 0 saturated carbocycles. The van der Waals surface area contributed by atoms with Crippen LogP contribution >= 0.6 is 15.9 Å². The molecule has 26 heavy (non-hydrogen) atoms. The zero-order valence-corrected chi connectivity index (χ0v) is 17.3. The van der Waals surface area contributed by atoms with Gasteiger partial charge in [-0.3, -0.25) is 14.9 Å². The van der Waals surface area contributed by atoms with Gasteiger partial charge >= 0.3 is 0 Å². The number of imide groups is 1. The molecule has 142 valence electrons. The quantitative estimate of drug-likeness (QED) is 0.512. The van der Waals surface area contributed by atoms with Crippen LogP contribution in [0.2, 0.25) is 0 Å². The molecule has 4 N–H and O–H groups in total. The van der Waals surface area contributed by atoms with Gasteiger partial charge in [0, 0.05) is 46.6 Å². The number of hydrogen-bond acceptors (Lipinski definition) is 5. The van der Waals surface area contributed by atoms with Crippen molar-refractivity contribution >= 4 is 45.3 Å². The Morgan fingerprint density at radius 2 is 2.12 bits per heavy atom. The fourth-order valence-electron chi connectivity index (χ4n) is 3.24. The molecule has 1 aliphatic rings. The van der Waals surface area contributed by atoms with E-state index in [1.165, 1.54) is 6.21 Å². The number of nitrogen functional groups attached to an aromatic ring is 1. The summed E-state index contributed by atoms with van der Waals surface area (Å²) in [6.07, 6.45) is 1.89. The second-order valence-electron chi connectivity index (χ2n) is 7.56. The van der Waals surface area contributed by atoms with E-state index < -0.39 is 5.41 Å². The highest BCUT2D eigenvalue weighted by Crippen LogP contribution is 2.40. The van der Waals surface area contributed by atoms with Crippen molar-refractivity contribution in [2.75, 3.05) is 23.7 Å². The van der Waals surface area contributed by atoms with Crippen LogP contribution in [0.25, 0.3) is 0 Å². The topological polar surface area (TPSA) is 99.3 Å². The van der Waals surface area contributed by atoms with E-state index in [1.807, 2.05) is 19.9 Å². The second kappa shape index (κ2) is 7.78. The number of nitrogens with zero attached hydrogens (tertiary/aromatic N) is 1. The van der Waals surface area contributed by atoms with Crippen LogP contribution in [0.15, 0.2) is 16.6 Å².